The zero-order valence-electron chi connectivity index (χ0n) is 10.2. The van der Waals surface area contributed by atoms with Crippen molar-refractivity contribution in [1.29, 1.82) is 0 Å². The first-order chi connectivity index (χ1) is 8.28. The molecule has 0 bridgehead atoms. The van der Waals surface area contributed by atoms with Gasteiger partial charge in [0.1, 0.15) is 0 Å². The van der Waals surface area contributed by atoms with Crippen LogP contribution in [0.25, 0.3) is 0 Å². The van der Waals surface area contributed by atoms with Gasteiger partial charge in [0.15, 0.2) is 0 Å². The lowest BCUT2D eigenvalue weighted by molar-refractivity contribution is -0.128. The SMILES string of the molecule is O=C1CC(CO)(N2CCNCC2)C2CCCN12. The lowest BCUT2D eigenvalue weighted by Gasteiger charge is -2.45. The molecule has 2 atom stereocenters. The van der Waals surface area contributed by atoms with Gasteiger partial charge in [0, 0.05) is 39.1 Å². The van der Waals surface area contributed by atoms with E-state index >= 15 is 0 Å². The summed E-state index contributed by atoms with van der Waals surface area (Å²) in [5, 5.41) is 13.2. The molecule has 0 aromatic rings. The lowest BCUT2D eigenvalue weighted by atomic mass is 9.86. The molecule has 3 heterocycles. The molecule has 5 nitrogen and oxygen atoms in total. The number of aliphatic hydroxyl groups is 1. The second kappa shape index (κ2) is 4.23. The molecule has 0 aromatic heterocycles. The number of hydrogen-bond acceptors (Lipinski definition) is 4. The molecule has 0 aromatic carbocycles. The molecular formula is C12H21N3O2. The van der Waals surface area contributed by atoms with Gasteiger partial charge >= 0.3 is 0 Å². The predicted molar refractivity (Wildman–Crippen MR) is 63.6 cm³/mol. The fourth-order valence-electron chi connectivity index (χ4n) is 3.80. The van der Waals surface area contributed by atoms with Crippen molar-refractivity contribution >= 4 is 5.91 Å². The number of amides is 1. The minimum Gasteiger partial charge on any atom is -0.394 e. The van der Waals surface area contributed by atoms with Gasteiger partial charge in [-0.1, -0.05) is 0 Å². The molecule has 3 aliphatic heterocycles. The van der Waals surface area contributed by atoms with Crippen LogP contribution in [-0.4, -0.2) is 71.7 Å². The van der Waals surface area contributed by atoms with E-state index in [1.54, 1.807) is 0 Å². The summed E-state index contributed by atoms with van der Waals surface area (Å²) in [5.74, 6) is 0.236. The van der Waals surface area contributed by atoms with E-state index in [9.17, 15) is 9.90 Å². The smallest absolute Gasteiger partial charge is 0.224 e. The van der Waals surface area contributed by atoms with E-state index in [0.29, 0.717) is 6.42 Å². The summed E-state index contributed by atoms with van der Waals surface area (Å²) in [6.07, 6.45) is 2.65. The third-order valence-corrected chi connectivity index (χ3v) is 4.67. The largest absolute Gasteiger partial charge is 0.394 e. The summed E-state index contributed by atoms with van der Waals surface area (Å²) < 4.78 is 0. The Labute approximate surface area is 102 Å². The molecule has 5 heteroatoms. The van der Waals surface area contributed by atoms with Crippen LogP contribution < -0.4 is 5.32 Å². The van der Waals surface area contributed by atoms with Gasteiger partial charge in [-0.25, -0.2) is 0 Å². The van der Waals surface area contributed by atoms with E-state index in [1.165, 1.54) is 0 Å². The van der Waals surface area contributed by atoms with Gasteiger partial charge in [0.2, 0.25) is 5.91 Å². The van der Waals surface area contributed by atoms with Gasteiger partial charge in [-0.15, -0.1) is 0 Å². The maximum absolute atomic E-state index is 12.0. The molecule has 1 amide bonds. The number of carbonyl (C=O) groups excluding carboxylic acids is 1. The quantitative estimate of drug-likeness (QED) is 0.650. The van der Waals surface area contributed by atoms with Crippen LogP contribution in [0.4, 0.5) is 0 Å². The van der Waals surface area contributed by atoms with E-state index in [4.69, 9.17) is 0 Å². The van der Waals surface area contributed by atoms with Gasteiger partial charge in [0.25, 0.3) is 0 Å². The summed E-state index contributed by atoms with van der Waals surface area (Å²) in [6, 6.07) is 0.248. The normalized spacial score (nSPS) is 38.8. The van der Waals surface area contributed by atoms with Crippen molar-refractivity contribution in [3.63, 3.8) is 0 Å². The Morgan fingerprint density at radius 1 is 1.35 bits per heavy atom. The number of piperazine rings is 1. The summed E-state index contributed by atoms with van der Waals surface area (Å²) in [5.41, 5.74) is -0.296. The number of rotatable bonds is 2. The molecule has 2 unspecified atom stereocenters. The van der Waals surface area contributed by atoms with E-state index < -0.39 is 0 Å². The molecule has 96 valence electrons. The first-order valence-corrected chi connectivity index (χ1v) is 6.64. The highest BCUT2D eigenvalue weighted by Crippen LogP contribution is 2.40. The minimum absolute atomic E-state index is 0.111. The first-order valence-electron chi connectivity index (χ1n) is 6.64. The molecule has 2 N–H and O–H groups in total. The van der Waals surface area contributed by atoms with Crippen molar-refractivity contribution in [3.05, 3.63) is 0 Å². The average molecular weight is 239 g/mol. The van der Waals surface area contributed by atoms with Crippen molar-refractivity contribution in [2.75, 3.05) is 39.3 Å². The summed E-state index contributed by atoms with van der Waals surface area (Å²) in [7, 11) is 0. The fourth-order valence-corrected chi connectivity index (χ4v) is 3.80. The van der Waals surface area contributed by atoms with Gasteiger partial charge < -0.3 is 15.3 Å². The van der Waals surface area contributed by atoms with Crippen LogP contribution in [0.15, 0.2) is 0 Å². The van der Waals surface area contributed by atoms with Crippen molar-refractivity contribution in [1.82, 2.24) is 15.1 Å². The number of hydrogen-bond donors (Lipinski definition) is 2. The average Bonchev–Trinajstić information content (AvgIpc) is 2.94. The Balaban J connectivity index is 1.88. The van der Waals surface area contributed by atoms with E-state index in [0.717, 1.165) is 45.6 Å². The van der Waals surface area contributed by atoms with Crippen molar-refractivity contribution < 1.29 is 9.90 Å². The Morgan fingerprint density at radius 2 is 2.12 bits per heavy atom. The number of fused-ring (bicyclic) bond motifs is 1. The van der Waals surface area contributed by atoms with E-state index in [1.807, 2.05) is 4.90 Å². The Bertz CT molecular complexity index is 317. The first kappa shape index (κ1) is 11.4. The van der Waals surface area contributed by atoms with Crippen LogP contribution in [0.2, 0.25) is 0 Å². The van der Waals surface area contributed by atoms with Crippen LogP contribution in [-0.2, 0) is 4.79 Å². The summed E-state index contributed by atoms with van der Waals surface area (Å²) in [4.78, 5) is 16.4. The second-order valence-electron chi connectivity index (χ2n) is 5.42. The monoisotopic (exact) mass is 239 g/mol. The molecule has 3 fully saturated rings. The molecule has 0 radical (unpaired) electrons. The van der Waals surface area contributed by atoms with Crippen molar-refractivity contribution in [3.8, 4) is 0 Å². The maximum Gasteiger partial charge on any atom is 0.224 e. The molecule has 17 heavy (non-hydrogen) atoms. The Hall–Kier alpha value is -0.650. The number of nitrogens with one attached hydrogen (secondary N) is 1. The molecule has 3 rings (SSSR count). The third kappa shape index (κ3) is 1.60. The topological polar surface area (TPSA) is 55.8 Å². The Kier molecular flexibility index (Phi) is 2.84. The number of aliphatic hydroxyl groups excluding tert-OH is 1. The summed E-state index contributed by atoms with van der Waals surface area (Å²) in [6.45, 7) is 4.80. The molecule has 3 saturated heterocycles. The highest BCUT2D eigenvalue weighted by atomic mass is 16.3. The minimum atomic E-state index is -0.296. The third-order valence-electron chi connectivity index (χ3n) is 4.67. The zero-order valence-corrected chi connectivity index (χ0v) is 10.2. The Morgan fingerprint density at radius 3 is 2.82 bits per heavy atom. The van der Waals surface area contributed by atoms with E-state index in [2.05, 4.69) is 10.2 Å². The lowest BCUT2D eigenvalue weighted by Crippen LogP contribution is -2.62. The van der Waals surface area contributed by atoms with Crippen LogP contribution in [0.3, 0.4) is 0 Å². The highest BCUT2D eigenvalue weighted by Gasteiger charge is 2.56. The second-order valence-corrected chi connectivity index (χ2v) is 5.42. The number of nitrogens with zero attached hydrogens (tertiary/aromatic N) is 2. The van der Waals surface area contributed by atoms with Gasteiger partial charge in [-0.05, 0) is 12.8 Å². The van der Waals surface area contributed by atoms with Gasteiger partial charge in [-0.3, -0.25) is 9.69 Å². The van der Waals surface area contributed by atoms with Crippen molar-refractivity contribution in [2.45, 2.75) is 30.8 Å². The van der Waals surface area contributed by atoms with Gasteiger partial charge in [0.05, 0.1) is 18.2 Å². The fraction of sp³-hybridized carbons (Fsp3) is 0.917. The number of carbonyl (C=O) groups is 1. The van der Waals surface area contributed by atoms with Crippen LogP contribution in [0, 0.1) is 0 Å². The molecule has 0 aliphatic carbocycles. The van der Waals surface area contributed by atoms with E-state index in [-0.39, 0.29) is 24.1 Å². The zero-order chi connectivity index (χ0) is 11.9. The highest BCUT2D eigenvalue weighted by molar-refractivity contribution is 5.81. The van der Waals surface area contributed by atoms with Crippen LogP contribution in [0.1, 0.15) is 19.3 Å². The summed E-state index contributed by atoms with van der Waals surface area (Å²) >= 11 is 0. The van der Waals surface area contributed by atoms with Crippen LogP contribution >= 0.6 is 0 Å². The molecule has 0 spiro atoms. The molecular weight excluding hydrogens is 218 g/mol. The standard InChI is InChI=1S/C12H21N3O2/c16-9-12(14-6-3-13-4-7-14)8-11(17)15-5-1-2-10(12)15/h10,13,16H,1-9H2. The van der Waals surface area contributed by atoms with Gasteiger partial charge in [-0.2, -0.15) is 0 Å². The molecule has 3 aliphatic rings. The maximum atomic E-state index is 12.0. The van der Waals surface area contributed by atoms with Crippen LogP contribution in [0.5, 0.6) is 0 Å². The molecule has 0 saturated carbocycles. The van der Waals surface area contributed by atoms with Crippen molar-refractivity contribution in [2.24, 2.45) is 0 Å². The predicted octanol–water partition coefficient (Wildman–Crippen LogP) is -0.983.